The number of hydrogen-bond acceptors (Lipinski definition) is 0. The summed E-state index contributed by atoms with van der Waals surface area (Å²) in [4.78, 5) is 0. The lowest BCUT2D eigenvalue weighted by molar-refractivity contribution is 0.608. The lowest BCUT2D eigenvalue weighted by Gasteiger charge is -2.18. The second kappa shape index (κ2) is 12.1. The van der Waals surface area contributed by atoms with E-state index < -0.39 is 0 Å². The molecule has 0 saturated heterocycles. The third-order valence-corrected chi connectivity index (χ3v) is 4.38. The molecule has 0 aromatic rings. The van der Waals surface area contributed by atoms with Crippen molar-refractivity contribution in [3.8, 4) is 0 Å². The van der Waals surface area contributed by atoms with Gasteiger partial charge in [-0.25, -0.2) is 0 Å². The highest BCUT2D eigenvalue weighted by Gasteiger charge is 2.13. The van der Waals surface area contributed by atoms with E-state index in [4.69, 9.17) is 0 Å². The summed E-state index contributed by atoms with van der Waals surface area (Å²) in [7, 11) is 0. The summed E-state index contributed by atoms with van der Waals surface area (Å²) < 4.78 is 0. The maximum atomic E-state index is 4.17. The van der Waals surface area contributed by atoms with E-state index >= 15 is 0 Å². The third-order valence-electron chi connectivity index (χ3n) is 4.38. The SMILES string of the molecule is C=C=CC(=C)C(=C)C(=C)C(=C)C(=C)C(=C)C(=C)CCCCCCCC. The lowest BCUT2D eigenvalue weighted by Crippen LogP contribution is -1.99. The molecule has 0 aromatic heterocycles. The maximum absolute atomic E-state index is 4.17. The summed E-state index contributed by atoms with van der Waals surface area (Å²) in [5.41, 5.74) is 8.16. The van der Waals surface area contributed by atoms with Crippen LogP contribution in [0.5, 0.6) is 0 Å². The Morgan fingerprint density at radius 1 is 0.680 bits per heavy atom. The Kier molecular flexibility index (Phi) is 11.0. The van der Waals surface area contributed by atoms with E-state index in [9.17, 15) is 0 Å². The van der Waals surface area contributed by atoms with E-state index in [0.717, 1.165) is 35.1 Å². The molecule has 0 amide bonds. The van der Waals surface area contributed by atoms with Crippen LogP contribution in [0, 0.1) is 0 Å². The molecule has 0 aliphatic carbocycles. The van der Waals surface area contributed by atoms with Crippen molar-refractivity contribution in [2.75, 3.05) is 0 Å². The van der Waals surface area contributed by atoms with E-state index in [1.807, 2.05) is 0 Å². The van der Waals surface area contributed by atoms with Crippen LogP contribution < -0.4 is 0 Å². The van der Waals surface area contributed by atoms with Crippen LogP contribution in [-0.4, -0.2) is 0 Å². The van der Waals surface area contributed by atoms with Crippen LogP contribution >= 0.6 is 0 Å². The quantitative estimate of drug-likeness (QED) is 0.172. The first-order valence-corrected chi connectivity index (χ1v) is 8.97. The zero-order valence-electron chi connectivity index (χ0n) is 16.2. The number of hydrogen-bond donors (Lipinski definition) is 0. The monoisotopic (exact) mass is 334 g/mol. The van der Waals surface area contributed by atoms with Gasteiger partial charge in [0.15, 0.2) is 0 Å². The summed E-state index contributed by atoms with van der Waals surface area (Å²) in [5, 5.41) is 0. The van der Waals surface area contributed by atoms with Crippen LogP contribution in [0.25, 0.3) is 0 Å². The second-order valence-corrected chi connectivity index (χ2v) is 6.39. The fraction of sp³-hybridized carbons (Fsp3) is 0.320. The molecule has 0 aliphatic rings. The molecular weight excluding hydrogens is 300 g/mol. The summed E-state index contributed by atoms with van der Waals surface area (Å²) in [6.45, 7) is 34.3. The van der Waals surface area contributed by atoms with Crippen LogP contribution in [0.4, 0.5) is 0 Å². The molecule has 0 nitrogen and oxygen atoms in total. The first kappa shape index (κ1) is 22.7. The van der Waals surface area contributed by atoms with E-state index in [2.05, 4.69) is 65.3 Å². The third kappa shape index (κ3) is 7.88. The van der Waals surface area contributed by atoms with Crippen molar-refractivity contribution in [1.29, 1.82) is 0 Å². The zero-order chi connectivity index (χ0) is 19.4. The largest absolute Gasteiger partial charge is 0.128 e. The first-order valence-electron chi connectivity index (χ1n) is 8.97. The molecule has 0 bridgehead atoms. The highest BCUT2D eigenvalue weighted by atomic mass is 14.2. The van der Waals surface area contributed by atoms with E-state index in [0.29, 0.717) is 16.7 Å². The normalized spacial score (nSPS) is 9.64. The molecule has 25 heavy (non-hydrogen) atoms. The van der Waals surface area contributed by atoms with Gasteiger partial charge in [-0.05, 0) is 57.9 Å². The standard InChI is InChI=1S/C25H34/c1-10-12-13-14-15-16-18-20(4)22(6)24(8)25(9)23(7)21(5)19(3)17-11-2/h17H,2-10,12-16,18H2,1H3. The van der Waals surface area contributed by atoms with Crippen molar-refractivity contribution < 1.29 is 0 Å². The van der Waals surface area contributed by atoms with E-state index in [-0.39, 0.29) is 0 Å². The minimum absolute atomic E-state index is 0.704. The number of rotatable bonds is 14. The Morgan fingerprint density at radius 3 is 1.72 bits per heavy atom. The highest BCUT2D eigenvalue weighted by Crippen LogP contribution is 2.31. The van der Waals surface area contributed by atoms with Crippen LogP contribution in [0.2, 0.25) is 0 Å². The van der Waals surface area contributed by atoms with Gasteiger partial charge in [0.25, 0.3) is 0 Å². The van der Waals surface area contributed by atoms with Gasteiger partial charge in [-0.2, -0.15) is 0 Å². The summed E-state index contributed by atoms with van der Waals surface area (Å²) in [6, 6.07) is 0. The summed E-state index contributed by atoms with van der Waals surface area (Å²) in [6.07, 6.45) is 10.2. The van der Waals surface area contributed by atoms with Crippen molar-refractivity contribution in [2.24, 2.45) is 0 Å². The molecule has 0 radical (unpaired) electrons. The van der Waals surface area contributed by atoms with Gasteiger partial charge in [-0.3, -0.25) is 0 Å². The molecular formula is C25H34. The molecule has 0 rings (SSSR count). The van der Waals surface area contributed by atoms with Gasteiger partial charge in [-0.1, -0.05) is 91.7 Å². The van der Waals surface area contributed by atoms with Gasteiger partial charge >= 0.3 is 0 Å². The summed E-state index contributed by atoms with van der Waals surface area (Å²) in [5.74, 6) is 0. The fourth-order valence-corrected chi connectivity index (χ4v) is 2.43. The molecule has 0 aliphatic heterocycles. The predicted octanol–water partition coefficient (Wildman–Crippen LogP) is 7.97. The molecule has 0 heteroatoms. The number of allylic oxidation sites excluding steroid dienone is 8. The molecule has 0 saturated carbocycles. The van der Waals surface area contributed by atoms with Crippen molar-refractivity contribution in [3.05, 3.63) is 103 Å². The first-order chi connectivity index (χ1) is 11.8. The van der Waals surface area contributed by atoms with E-state index in [1.54, 1.807) is 6.08 Å². The molecule has 0 atom stereocenters. The lowest BCUT2D eigenvalue weighted by atomic mass is 9.86. The number of unbranched alkanes of at least 4 members (excludes halogenated alkanes) is 5. The molecule has 0 heterocycles. The van der Waals surface area contributed by atoms with Crippen LogP contribution in [-0.2, 0) is 0 Å². The highest BCUT2D eigenvalue weighted by molar-refractivity contribution is 5.65. The van der Waals surface area contributed by atoms with Gasteiger partial charge in [0.05, 0.1) is 0 Å². The smallest absolute Gasteiger partial charge is 0.0133 e. The van der Waals surface area contributed by atoms with Crippen LogP contribution in [0.15, 0.2) is 103 Å². The van der Waals surface area contributed by atoms with E-state index in [1.165, 1.54) is 32.1 Å². The molecule has 0 spiro atoms. The Balaban J connectivity index is 4.58. The Hall–Kier alpha value is -2.30. The molecule has 0 fully saturated rings. The zero-order valence-corrected chi connectivity index (χ0v) is 16.2. The average molecular weight is 335 g/mol. The van der Waals surface area contributed by atoms with Crippen molar-refractivity contribution in [2.45, 2.75) is 51.9 Å². The Morgan fingerprint density at radius 2 is 1.16 bits per heavy atom. The van der Waals surface area contributed by atoms with Crippen LogP contribution in [0.1, 0.15) is 51.9 Å². The minimum Gasteiger partial charge on any atom is -0.128 e. The van der Waals surface area contributed by atoms with Gasteiger partial charge in [0.1, 0.15) is 0 Å². The Labute approximate surface area is 155 Å². The molecule has 0 N–H and O–H groups in total. The Bertz CT molecular complexity index is 627. The predicted molar refractivity (Wildman–Crippen MR) is 116 cm³/mol. The van der Waals surface area contributed by atoms with Gasteiger partial charge in [-0.15, -0.1) is 5.73 Å². The molecule has 134 valence electrons. The molecule has 0 unspecified atom stereocenters. The minimum atomic E-state index is 0.704. The van der Waals surface area contributed by atoms with Crippen molar-refractivity contribution in [1.82, 2.24) is 0 Å². The molecule has 0 aromatic carbocycles. The fourth-order valence-electron chi connectivity index (χ4n) is 2.43. The second-order valence-electron chi connectivity index (χ2n) is 6.39. The topological polar surface area (TPSA) is 0 Å². The van der Waals surface area contributed by atoms with Gasteiger partial charge in [0, 0.05) is 0 Å². The maximum Gasteiger partial charge on any atom is -0.0133 e. The van der Waals surface area contributed by atoms with Gasteiger partial charge < -0.3 is 0 Å². The van der Waals surface area contributed by atoms with Gasteiger partial charge in [0.2, 0.25) is 0 Å². The van der Waals surface area contributed by atoms with Crippen molar-refractivity contribution >= 4 is 0 Å². The average Bonchev–Trinajstić information content (AvgIpc) is 2.61. The van der Waals surface area contributed by atoms with Crippen molar-refractivity contribution in [3.63, 3.8) is 0 Å². The van der Waals surface area contributed by atoms with Crippen LogP contribution in [0.3, 0.4) is 0 Å². The summed E-state index contributed by atoms with van der Waals surface area (Å²) >= 11 is 0.